The fourth-order valence-electron chi connectivity index (χ4n) is 3.65. The Bertz CT molecular complexity index is 792. The third kappa shape index (κ3) is 4.68. The zero-order valence-corrected chi connectivity index (χ0v) is 16.7. The first kappa shape index (κ1) is 19.9. The molecule has 2 aromatic carbocycles. The minimum Gasteiger partial charge on any atom is -0.497 e. The van der Waals surface area contributed by atoms with Gasteiger partial charge in [-0.3, -0.25) is 0 Å². The van der Waals surface area contributed by atoms with Crippen LogP contribution >= 0.6 is 0 Å². The first-order chi connectivity index (χ1) is 13.6. The van der Waals surface area contributed by atoms with Crippen LogP contribution in [0.3, 0.4) is 0 Å². The van der Waals surface area contributed by atoms with Gasteiger partial charge in [0.05, 0.1) is 21.3 Å². The summed E-state index contributed by atoms with van der Waals surface area (Å²) in [7, 11) is 4.88. The maximum Gasteiger partial charge on any atom is 0.317 e. The molecule has 0 aliphatic carbocycles. The second-order valence-corrected chi connectivity index (χ2v) is 6.96. The van der Waals surface area contributed by atoms with E-state index in [1.54, 1.807) is 21.3 Å². The number of amides is 2. The van der Waals surface area contributed by atoms with E-state index in [2.05, 4.69) is 17.4 Å². The van der Waals surface area contributed by atoms with Crippen molar-refractivity contribution in [3.8, 4) is 17.2 Å². The minimum atomic E-state index is -0.0397. The lowest BCUT2D eigenvalue weighted by molar-refractivity contribution is 0.206. The van der Waals surface area contributed by atoms with E-state index in [4.69, 9.17) is 14.2 Å². The van der Waals surface area contributed by atoms with Gasteiger partial charge in [0.2, 0.25) is 0 Å². The molecule has 150 valence electrons. The smallest absolute Gasteiger partial charge is 0.317 e. The fraction of sp³-hybridized carbons (Fsp3) is 0.409. The molecular weight excluding hydrogens is 356 g/mol. The number of para-hydroxylation sites is 1. The Morgan fingerprint density at radius 2 is 1.86 bits per heavy atom. The lowest BCUT2D eigenvalue weighted by atomic mass is 9.99. The van der Waals surface area contributed by atoms with Gasteiger partial charge in [-0.05, 0) is 42.5 Å². The van der Waals surface area contributed by atoms with Gasteiger partial charge in [0.1, 0.15) is 5.75 Å². The second kappa shape index (κ2) is 9.35. The maximum atomic E-state index is 12.6. The van der Waals surface area contributed by atoms with Crippen molar-refractivity contribution in [1.29, 1.82) is 0 Å². The molecule has 1 aliphatic rings. The monoisotopic (exact) mass is 384 g/mol. The number of likely N-dealkylation sites (tertiary alicyclic amines) is 1. The molecule has 1 aliphatic heterocycles. The molecule has 1 fully saturated rings. The van der Waals surface area contributed by atoms with Crippen molar-refractivity contribution in [2.24, 2.45) is 5.92 Å². The van der Waals surface area contributed by atoms with Crippen molar-refractivity contribution in [3.05, 3.63) is 53.6 Å². The number of hydrogen-bond acceptors (Lipinski definition) is 4. The van der Waals surface area contributed by atoms with E-state index in [0.29, 0.717) is 24.0 Å². The molecule has 1 heterocycles. The quantitative estimate of drug-likeness (QED) is 0.794. The molecule has 0 radical (unpaired) electrons. The highest BCUT2D eigenvalue weighted by Crippen LogP contribution is 2.30. The second-order valence-electron chi connectivity index (χ2n) is 6.96. The largest absolute Gasteiger partial charge is 0.497 e. The number of nitrogens with zero attached hydrogens (tertiary/aromatic N) is 1. The predicted octanol–water partition coefficient (Wildman–Crippen LogP) is 3.49. The van der Waals surface area contributed by atoms with E-state index < -0.39 is 0 Å². The van der Waals surface area contributed by atoms with Crippen LogP contribution < -0.4 is 19.5 Å². The summed E-state index contributed by atoms with van der Waals surface area (Å²) in [5.74, 6) is 2.66. The molecule has 1 atom stereocenters. The van der Waals surface area contributed by atoms with Crippen molar-refractivity contribution in [1.82, 2.24) is 10.2 Å². The Balaban J connectivity index is 1.52. The molecule has 2 aromatic rings. The first-order valence-electron chi connectivity index (χ1n) is 9.50. The Kier molecular flexibility index (Phi) is 6.63. The predicted molar refractivity (Wildman–Crippen MR) is 108 cm³/mol. The molecule has 3 rings (SSSR count). The van der Waals surface area contributed by atoms with Gasteiger partial charge < -0.3 is 24.4 Å². The Hall–Kier alpha value is -2.89. The van der Waals surface area contributed by atoms with Crippen LogP contribution in [0.15, 0.2) is 42.5 Å². The summed E-state index contributed by atoms with van der Waals surface area (Å²) >= 11 is 0. The fourth-order valence-corrected chi connectivity index (χ4v) is 3.65. The third-order valence-corrected chi connectivity index (χ3v) is 5.17. The lowest BCUT2D eigenvalue weighted by Crippen LogP contribution is -2.38. The van der Waals surface area contributed by atoms with Crippen LogP contribution in [0.1, 0.15) is 17.5 Å². The summed E-state index contributed by atoms with van der Waals surface area (Å²) in [6.07, 6.45) is 1.99. The van der Waals surface area contributed by atoms with Gasteiger partial charge in [-0.25, -0.2) is 4.79 Å². The Morgan fingerprint density at radius 1 is 1.07 bits per heavy atom. The average Bonchev–Trinajstić information content (AvgIpc) is 3.20. The number of hydrogen-bond donors (Lipinski definition) is 1. The summed E-state index contributed by atoms with van der Waals surface area (Å²) < 4.78 is 15.9. The molecule has 2 amide bonds. The Morgan fingerprint density at radius 3 is 2.54 bits per heavy atom. The van der Waals surface area contributed by atoms with E-state index in [1.165, 1.54) is 5.56 Å². The summed E-state index contributed by atoms with van der Waals surface area (Å²) in [5.41, 5.74) is 2.17. The minimum absolute atomic E-state index is 0.0397. The molecule has 1 unspecified atom stereocenters. The molecule has 6 heteroatoms. The highest BCUT2D eigenvalue weighted by Gasteiger charge is 2.26. The van der Waals surface area contributed by atoms with Crippen LogP contribution in [0.2, 0.25) is 0 Å². The molecule has 0 bridgehead atoms. The van der Waals surface area contributed by atoms with E-state index in [1.807, 2.05) is 35.2 Å². The lowest BCUT2D eigenvalue weighted by Gasteiger charge is -2.19. The van der Waals surface area contributed by atoms with Crippen LogP contribution in [0, 0.1) is 5.92 Å². The highest BCUT2D eigenvalue weighted by molar-refractivity contribution is 5.74. The molecule has 0 aromatic heterocycles. The zero-order valence-electron chi connectivity index (χ0n) is 16.7. The van der Waals surface area contributed by atoms with Crippen molar-refractivity contribution < 1.29 is 19.0 Å². The summed E-state index contributed by atoms with van der Waals surface area (Å²) in [4.78, 5) is 14.5. The SMILES string of the molecule is COc1ccc(CC2CCN(C(=O)NCc3cccc(OC)c3OC)C2)cc1. The number of carbonyl (C=O) groups excluding carboxylic acids is 1. The van der Waals surface area contributed by atoms with Gasteiger partial charge in [-0.2, -0.15) is 0 Å². The Labute approximate surface area is 166 Å². The van der Waals surface area contributed by atoms with E-state index >= 15 is 0 Å². The van der Waals surface area contributed by atoms with Gasteiger partial charge in [-0.1, -0.05) is 24.3 Å². The van der Waals surface area contributed by atoms with Crippen LogP contribution in [0.25, 0.3) is 0 Å². The number of benzene rings is 2. The molecule has 1 N–H and O–H groups in total. The van der Waals surface area contributed by atoms with Crippen molar-refractivity contribution in [2.75, 3.05) is 34.4 Å². The first-order valence-corrected chi connectivity index (χ1v) is 9.50. The standard InChI is InChI=1S/C22H28N2O4/c1-26-19-9-7-16(8-10-19)13-17-11-12-24(15-17)22(25)23-14-18-5-4-6-20(27-2)21(18)28-3/h4-10,17H,11-15H2,1-3H3,(H,23,25). The summed E-state index contributed by atoms with van der Waals surface area (Å²) in [5, 5.41) is 3.00. The van der Waals surface area contributed by atoms with Crippen LogP contribution in [-0.2, 0) is 13.0 Å². The molecule has 0 saturated carbocycles. The molecular formula is C22H28N2O4. The topological polar surface area (TPSA) is 60.0 Å². The number of nitrogens with one attached hydrogen (secondary N) is 1. The van der Waals surface area contributed by atoms with Crippen LogP contribution in [-0.4, -0.2) is 45.3 Å². The number of methoxy groups -OCH3 is 3. The average molecular weight is 384 g/mol. The van der Waals surface area contributed by atoms with Crippen molar-refractivity contribution >= 4 is 6.03 Å². The number of ether oxygens (including phenoxy) is 3. The summed E-state index contributed by atoms with van der Waals surface area (Å²) in [6.45, 7) is 1.95. The van der Waals surface area contributed by atoms with Gasteiger partial charge in [0.15, 0.2) is 11.5 Å². The normalized spacial score (nSPS) is 16.0. The highest BCUT2D eigenvalue weighted by atomic mass is 16.5. The summed E-state index contributed by atoms with van der Waals surface area (Å²) in [6, 6.07) is 13.8. The number of urea groups is 1. The van der Waals surface area contributed by atoms with Gasteiger partial charge in [-0.15, -0.1) is 0 Å². The van der Waals surface area contributed by atoms with Gasteiger partial charge in [0.25, 0.3) is 0 Å². The number of rotatable bonds is 7. The third-order valence-electron chi connectivity index (χ3n) is 5.17. The molecule has 6 nitrogen and oxygen atoms in total. The van der Waals surface area contributed by atoms with E-state index in [9.17, 15) is 4.79 Å². The van der Waals surface area contributed by atoms with Crippen LogP contribution in [0.4, 0.5) is 4.79 Å². The molecule has 1 saturated heterocycles. The van der Waals surface area contributed by atoms with E-state index in [0.717, 1.165) is 37.2 Å². The molecule has 28 heavy (non-hydrogen) atoms. The van der Waals surface area contributed by atoms with Crippen molar-refractivity contribution in [3.63, 3.8) is 0 Å². The van der Waals surface area contributed by atoms with Crippen molar-refractivity contribution in [2.45, 2.75) is 19.4 Å². The molecule has 0 spiro atoms. The van der Waals surface area contributed by atoms with Crippen LogP contribution in [0.5, 0.6) is 17.2 Å². The number of carbonyl (C=O) groups is 1. The van der Waals surface area contributed by atoms with Gasteiger partial charge in [0, 0.05) is 25.2 Å². The van der Waals surface area contributed by atoms with Gasteiger partial charge >= 0.3 is 6.03 Å². The maximum absolute atomic E-state index is 12.6. The van der Waals surface area contributed by atoms with E-state index in [-0.39, 0.29) is 6.03 Å². The zero-order chi connectivity index (χ0) is 19.9.